The first-order chi connectivity index (χ1) is 10.4. The summed E-state index contributed by atoms with van der Waals surface area (Å²) in [4.78, 5) is 25.1. The fourth-order valence-electron chi connectivity index (χ4n) is 2.20. The molecule has 2 amide bonds. The summed E-state index contributed by atoms with van der Waals surface area (Å²) in [5.41, 5.74) is 1.84. The molecule has 0 bridgehead atoms. The highest BCUT2D eigenvalue weighted by molar-refractivity contribution is 5.90. The Bertz CT molecular complexity index is 489. The van der Waals surface area contributed by atoms with Gasteiger partial charge in [0.25, 0.3) is 0 Å². The van der Waals surface area contributed by atoms with Crippen LogP contribution in [0.2, 0.25) is 0 Å². The Morgan fingerprint density at radius 2 is 1.78 bits per heavy atom. The minimum Gasteiger partial charge on any atom is -0.336 e. The molecule has 0 aliphatic rings. The average molecular weight is 342 g/mol. The number of carbonyl (C=O) groups is 2. The van der Waals surface area contributed by atoms with Gasteiger partial charge in [0.15, 0.2) is 0 Å². The van der Waals surface area contributed by atoms with Crippen LogP contribution in [0.25, 0.3) is 0 Å². The summed E-state index contributed by atoms with van der Waals surface area (Å²) >= 11 is 0. The monoisotopic (exact) mass is 341 g/mol. The Morgan fingerprint density at radius 1 is 1.17 bits per heavy atom. The van der Waals surface area contributed by atoms with E-state index >= 15 is 0 Å². The summed E-state index contributed by atoms with van der Waals surface area (Å²) in [6.45, 7) is 7.01. The van der Waals surface area contributed by atoms with Crippen molar-refractivity contribution in [2.75, 3.05) is 18.9 Å². The zero-order valence-corrected chi connectivity index (χ0v) is 15.2. The van der Waals surface area contributed by atoms with Gasteiger partial charge in [-0.1, -0.05) is 12.1 Å². The highest BCUT2D eigenvalue weighted by Gasteiger charge is 2.13. The number of benzene rings is 1. The second-order valence-corrected chi connectivity index (χ2v) is 5.69. The van der Waals surface area contributed by atoms with E-state index in [9.17, 15) is 9.59 Å². The van der Waals surface area contributed by atoms with Gasteiger partial charge in [-0.25, -0.2) is 0 Å². The van der Waals surface area contributed by atoms with Crippen LogP contribution in [0.4, 0.5) is 5.69 Å². The SMILES string of the molecule is CNCCCC(=O)Nc1ccc(CN(C(C)=O)C(C)C)cc1.Cl. The number of amides is 2. The smallest absolute Gasteiger partial charge is 0.224 e. The molecule has 0 aliphatic heterocycles. The molecule has 0 fully saturated rings. The van der Waals surface area contributed by atoms with Crippen molar-refractivity contribution in [3.05, 3.63) is 29.8 Å². The largest absolute Gasteiger partial charge is 0.336 e. The first-order valence-corrected chi connectivity index (χ1v) is 7.74. The van der Waals surface area contributed by atoms with Crippen LogP contribution in [0.1, 0.15) is 39.2 Å². The Balaban J connectivity index is 0.00000484. The lowest BCUT2D eigenvalue weighted by molar-refractivity contribution is -0.131. The molecule has 1 aromatic carbocycles. The molecule has 0 aromatic heterocycles. The molecule has 130 valence electrons. The van der Waals surface area contributed by atoms with Crippen molar-refractivity contribution in [1.29, 1.82) is 0 Å². The predicted molar refractivity (Wildman–Crippen MR) is 96.8 cm³/mol. The van der Waals surface area contributed by atoms with Gasteiger partial charge in [0, 0.05) is 31.6 Å². The normalized spacial score (nSPS) is 10.1. The van der Waals surface area contributed by atoms with Crippen LogP contribution in [-0.2, 0) is 16.1 Å². The average Bonchev–Trinajstić information content (AvgIpc) is 2.46. The summed E-state index contributed by atoms with van der Waals surface area (Å²) in [5.74, 6) is 0.0902. The van der Waals surface area contributed by atoms with Gasteiger partial charge in [-0.2, -0.15) is 0 Å². The zero-order chi connectivity index (χ0) is 16.5. The fourth-order valence-corrected chi connectivity index (χ4v) is 2.20. The van der Waals surface area contributed by atoms with E-state index in [-0.39, 0.29) is 30.3 Å². The minimum absolute atomic E-state index is 0. The van der Waals surface area contributed by atoms with Crippen LogP contribution in [0.5, 0.6) is 0 Å². The number of carbonyl (C=O) groups excluding carboxylic acids is 2. The Kier molecular flexibility index (Phi) is 10.3. The van der Waals surface area contributed by atoms with Gasteiger partial charge in [-0.05, 0) is 51.6 Å². The summed E-state index contributed by atoms with van der Waals surface area (Å²) in [5, 5.41) is 5.90. The Hall–Kier alpha value is -1.59. The van der Waals surface area contributed by atoms with Crippen molar-refractivity contribution >= 4 is 29.9 Å². The first kappa shape index (κ1) is 21.4. The lowest BCUT2D eigenvalue weighted by Gasteiger charge is -2.25. The third-order valence-electron chi connectivity index (χ3n) is 3.45. The quantitative estimate of drug-likeness (QED) is 0.715. The van der Waals surface area contributed by atoms with E-state index in [1.54, 1.807) is 6.92 Å². The molecule has 1 rings (SSSR count). The highest BCUT2D eigenvalue weighted by atomic mass is 35.5. The van der Waals surface area contributed by atoms with Crippen LogP contribution in [0, 0.1) is 0 Å². The van der Waals surface area contributed by atoms with Crippen molar-refractivity contribution in [1.82, 2.24) is 10.2 Å². The molecule has 0 unspecified atom stereocenters. The van der Waals surface area contributed by atoms with E-state index in [0.29, 0.717) is 13.0 Å². The van der Waals surface area contributed by atoms with Gasteiger partial charge in [0.1, 0.15) is 0 Å². The van der Waals surface area contributed by atoms with Crippen molar-refractivity contribution in [2.24, 2.45) is 0 Å². The molecule has 0 heterocycles. The van der Waals surface area contributed by atoms with Gasteiger partial charge >= 0.3 is 0 Å². The van der Waals surface area contributed by atoms with E-state index in [4.69, 9.17) is 0 Å². The van der Waals surface area contributed by atoms with Crippen molar-refractivity contribution < 1.29 is 9.59 Å². The maximum atomic E-state index is 11.7. The lowest BCUT2D eigenvalue weighted by Crippen LogP contribution is -2.34. The lowest BCUT2D eigenvalue weighted by atomic mass is 10.1. The van der Waals surface area contributed by atoms with E-state index in [1.807, 2.05) is 50.1 Å². The molecule has 23 heavy (non-hydrogen) atoms. The molecule has 5 nitrogen and oxygen atoms in total. The van der Waals surface area contributed by atoms with Crippen LogP contribution in [0.15, 0.2) is 24.3 Å². The number of halogens is 1. The van der Waals surface area contributed by atoms with Crippen LogP contribution >= 0.6 is 12.4 Å². The topological polar surface area (TPSA) is 61.4 Å². The van der Waals surface area contributed by atoms with Crippen molar-refractivity contribution in [3.8, 4) is 0 Å². The van der Waals surface area contributed by atoms with E-state index in [0.717, 1.165) is 24.2 Å². The molecule has 0 saturated carbocycles. The number of rotatable bonds is 8. The highest BCUT2D eigenvalue weighted by Crippen LogP contribution is 2.13. The number of nitrogens with zero attached hydrogens (tertiary/aromatic N) is 1. The molecule has 6 heteroatoms. The van der Waals surface area contributed by atoms with Gasteiger partial charge in [0.05, 0.1) is 0 Å². The van der Waals surface area contributed by atoms with Crippen molar-refractivity contribution in [2.45, 2.75) is 46.2 Å². The molecule has 2 N–H and O–H groups in total. The molecular weight excluding hydrogens is 314 g/mol. The van der Waals surface area contributed by atoms with Crippen LogP contribution in [-0.4, -0.2) is 36.3 Å². The number of nitrogens with one attached hydrogen (secondary N) is 2. The minimum atomic E-state index is 0. The van der Waals surface area contributed by atoms with E-state index in [1.165, 1.54) is 0 Å². The first-order valence-electron chi connectivity index (χ1n) is 7.74. The summed E-state index contributed by atoms with van der Waals surface area (Å²) in [6.07, 6.45) is 1.33. The van der Waals surface area contributed by atoms with E-state index < -0.39 is 0 Å². The second kappa shape index (κ2) is 11.0. The maximum absolute atomic E-state index is 11.7. The molecule has 0 saturated heterocycles. The van der Waals surface area contributed by atoms with Crippen LogP contribution < -0.4 is 10.6 Å². The zero-order valence-electron chi connectivity index (χ0n) is 14.4. The van der Waals surface area contributed by atoms with Gasteiger partial charge in [-0.15, -0.1) is 12.4 Å². The van der Waals surface area contributed by atoms with Crippen LogP contribution in [0.3, 0.4) is 0 Å². The number of anilines is 1. The third-order valence-corrected chi connectivity index (χ3v) is 3.45. The molecule has 0 atom stereocenters. The summed E-state index contributed by atoms with van der Waals surface area (Å²) in [7, 11) is 1.87. The molecule has 0 aliphatic carbocycles. The third kappa shape index (κ3) is 8.00. The maximum Gasteiger partial charge on any atom is 0.224 e. The standard InChI is InChI=1S/C17H27N3O2.ClH/c1-13(2)20(14(3)21)12-15-7-9-16(10-8-15)19-17(22)6-5-11-18-4;/h7-10,13,18H,5-6,11-12H2,1-4H3,(H,19,22);1H. The molecule has 1 aromatic rings. The van der Waals surface area contributed by atoms with Gasteiger partial charge in [-0.3, -0.25) is 9.59 Å². The van der Waals surface area contributed by atoms with Crippen molar-refractivity contribution in [3.63, 3.8) is 0 Å². The molecular formula is C17H28ClN3O2. The Labute approximate surface area is 145 Å². The van der Waals surface area contributed by atoms with Gasteiger partial charge in [0.2, 0.25) is 11.8 Å². The molecule has 0 spiro atoms. The summed E-state index contributed by atoms with van der Waals surface area (Å²) < 4.78 is 0. The van der Waals surface area contributed by atoms with E-state index in [2.05, 4.69) is 10.6 Å². The summed E-state index contributed by atoms with van der Waals surface area (Å²) in [6, 6.07) is 7.82. The predicted octanol–water partition coefficient (Wildman–Crippen LogP) is 2.80. The fraction of sp³-hybridized carbons (Fsp3) is 0.529. The molecule has 0 radical (unpaired) electrons. The number of hydrogen-bond acceptors (Lipinski definition) is 3. The Morgan fingerprint density at radius 3 is 2.26 bits per heavy atom. The van der Waals surface area contributed by atoms with Gasteiger partial charge < -0.3 is 15.5 Å². The second-order valence-electron chi connectivity index (χ2n) is 5.69. The number of hydrogen-bond donors (Lipinski definition) is 2.